The van der Waals surface area contributed by atoms with Crippen LogP contribution in [0.5, 0.6) is 17.2 Å². The molecule has 1 aromatic heterocycles. The summed E-state index contributed by atoms with van der Waals surface area (Å²) < 4.78 is 47.3. The minimum absolute atomic E-state index is 0.0957. The van der Waals surface area contributed by atoms with E-state index in [2.05, 4.69) is 9.73 Å². The van der Waals surface area contributed by atoms with E-state index >= 15 is 0 Å². The normalized spacial score (nSPS) is 15.3. The molecule has 0 spiro atoms. The second-order valence-corrected chi connectivity index (χ2v) is 8.87. The fourth-order valence-electron chi connectivity index (χ4n) is 4.01. The number of esters is 1. The zero-order valence-corrected chi connectivity index (χ0v) is 21.3. The van der Waals surface area contributed by atoms with Crippen LogP contribution in [0.1, 0.15) is 31.0 Å². The quantitative estimate of drug-likeness (QED) is 0.415. The van der Waals surface area contributed by atoms with E-state index in [0.717, 1.165) is 11.3 Å². The van der Waals surface area contributed by atoms with E-state index in [0.29, 0.717) is 31.9 Å². The smallest absolute Gasteiger partial charge is 0.387 e. The number of alkyl halides is 2. The maximum absolute atomic E-state index is 13.7. The first kappa shape index (κ1) is 26.1. The highest BCUT2D eigenvalue weighted by molar-refractivity contribution is 7.07. The lowest BCUT2D eigenvalue weighted by Crippen LogP contribution is -2.39. The number of halogens is 2. The number of carbonyl (C=O) groups excluding carboxylic acids is 1. The largest absolute Gasteiger partial charge is 0.497 e. The standard InChI is InChI=1S/C26H24F2N2O6S/c1-5-35-24(32)21-14(2)29-26-30(22(21)16-7-9-17(33-3)10-8-16)23(31)20(37-26)13-15-6-11-18(36-25(27)28)19(12-15)34-4/h6-13,22,25H,5H2,1-4H3/b20-13+/t22-/m1/s1. The Hall–Kier alpha value is -3.99. The number of hydrogen-bond acceptors (Lipinski definition) is 8. The van der Waals surface area contributed by atoms with E-state index < -0.39 is 18.6 Å². The second-order valence-electron chi connectivity index (χ2n) is 7.86. The Morgan fingerprint density at radius 2 is 1.86 bits per heavy atom. The Bertz CT molecular complexity index is 1530. The van der Waals surface area contributed by atoms with Crippen LogP contribution in [0.15, 0.2) is 63.5 Å². The van der Waals surface area contributed by atoms with Gasteiger partial charge in [-0.15, -0.1) is 0 Å². The van der Waals surface area contributed by atoms with Crippen molar-refractivity contribution in [1.82, 2.24) is 4.57 Å². The molecule has 0 unspecified atom stereocenters. The predicted molar refractivity (Wildman–Crippen MR) is 133 cm³/mol. The molecule has 8 nitrogen and oxygen atoms in total. The molecule has 1 atom stereocenters. The van der Waals surface area contributed by atoms with Crippen molar-refractivity contribution in [3.63, 3.8) is 0 Å². The molecule has 1 aliphatic heterocycles. The summed E-state index contributed by atoms with van der Waals surface area (Å²) in [4.78, 5) is 31.5. The van der Waals surface area contributed by atoms with Gasteiger partial charge in [0.2, 0.25) is 0 Å². The Balaban J connectivity index is 1.87. The molecule has 37 heavy (non-hydrogen) atoms. The molecule has 1 aliphatic rings. The van der Waals surface area contributed by atoms with E-state index in [4.69, 9.17) is 14.2 Å². The van der Waals surface area contributed by atoms with Gasteiger partial charge in [0.25, 0.3) is 5.56 Å². The van der Waals surface area contributed by atoms with Gasteiger partial charge in [0.15, 0.2) is 16.3 Å². The Morgan fingerprint density at radius 1 is 1.14 bits per heavy atom. The van der Waals surface area contributed by atoms with Crippen molar-refractivity contribution in [3.05, 3.63) is 84.5 Å². The van der Waals surface area contributed by atoms with Crippen molar-refractivity contribution in [3.8, 4) is 17.2 Å². The molecule has 0 radical (unpaired) electrons. The fraction of sp³-hybridized carbons (Fsp3) is 0.269. The van der Waals surface area contributed by atoms with E-state index in [1.165, 1.54) is 29.9 Å². The van der Waals surface area contributed by atoms with Gasteiger partial charge in [-0.25, -0.2) is 9.79 Å². The monoisotopic (exact) mass is 530 g/mol. The first-order valence-corrected chi connectivity index (χ1v) is 12.1. The average molecular weight is 531 g/mol. The zero-order chi connectivity index (χ0) is 26.7. The molecule has 0 aliphatic carbocycles. The molecule has 4 rings (SSSR count). The third-order valence-corrected chi connectivity index (χ3v) is 6.63. The maximum atomic E-state index is 13.7. The lowest BCUT2D eigenvalue weighted by molar-refractivity contribution is -0.139. The first-order valence-electron chi connectivity index (χ1n) is 11.2. The van der Waals surface area contributed by atoms with Gasteiger partial charge in [-0.3, -0.25) is 9.36 Å². The van der Waals surface area contributed by atoms with Crippen molar-refractivity contribution in [2.45, 2.75) is 26.5 Å². The SMILES string of the molecule is CCOC(=O)C1=C(C)N=c2s/c(=C/c3ccc(OC(F)F)c(OC)c3)c(=O)n2[C@@H]1c1ccc(OC)cc1. The number of carbonyl (C=O) groups is 1. The molecule has 0 saturated heterocycles. The van der Waals surface area contributed by atoms with Gasteiger partial charge in [-0.1, -0.05) is 29.5 Å². The average Bonchev–Trinajstić information content (AvgIpc) is 3.18. The highest BCUT2D eigenvalue weighted by Gasteiger charge is 2.33. The first-order chi connectivity index (χ1) is 17.8. The minimum Gasteiger partial charge on any atom is -0.497 e. The number of thiazole rings is 1. The number of methoxy groups -OCH3 is 2. The summed E-state index contributed by atoms with van der Waals surface area (Å²) in [6.45, 7) is 0.574. The number of fused-ring (bicyclic) bond motifs is 1. The van der Waals surface area contributed by atoms with Crippen LogP contribution in [-0.2, 0) is 9.53 Å². The molecule has 11 heteroatoms. The van der Waals surface area contributed by atoms with Gasteiger partial charge in [-0.2, -0.15) is 8.78 Å². The van der Waals surface area contributed by atoms with Crippen molar-refractivity contribution in [1.29, 1.82) is 0 Å². The van der Waals surface area contributed by atoms with Crippen LogP contribution >= 0.6 is 11.3 Å². The third kappa shape index (κ3) is 5.26. The molecule has 0 amide bonds. The van der Waals surface area contributed by atoms with Crippen molar-refractivity contribution in [2.24, 2.45) is 4.99 Å². The Kier molecular flexibility index (Phi) is 7.72. The molecular formula is C26H24F2N2O6S. The van der Waals surface area contributed by atoms with Gasteiger partial charge in [0.05, 0.1) is 42.7 Å². The third-order valence-electron chi connectivity index (χ3n) is 5.65. The highest BCUT2D eigenvalue weighted by atomic mass is 32.1. The van der Waals surface area contributed by atoms with Gasteiger partial charge >= 0.3 is 12.6 Å². The number of allylic oxidation sites excluding steroid dienone is 1. The van der Waals surface area contributed by atoms with Gasteiger partial charge < -0.3 is 18.9 Å². The summed E-state index contributed by atoms with van der Waals surface area (Å²) in [5.74, 6) is 0.0460. The molecule has 3 aromatic rings. The summed E-state index contributed by atoms with van der Waals surface area (Å²) in [7, 11) is 2.88. The topological polar surface area (TPSA) is 88.4 Å². The molecule has 0 N–H and O–H groups in total. The lowest BCUT2D eigenvalue weighted by Gasteiger charge is -2.24. The molecule has 0 fully saturated rings. The number of hydrogen-bond donors (Lipinski definition) is 0. The van der Waals surface area contributed by atoms with Crippen LogP contribution in [0.3, 0.4) is 0 Å². The van der Waals surface area contributed by atoms with E-state index in [1.807, 2.05) is 0 Å². The number of aromatic nitrogens is 1. The lowest BCUT2D eigenvalue weighted by atomic mass is 9.96. The molecule has 2 heterocycles. The summed E-state index contributed by atoms with van der Waals surface area (Å²) in [5, 5.41) is 0. The number of benzene rings is 2. The molecule has 0 bridgehead atoms. The van der Waals surface area contributed by atoms with Crippen LogP contribution in [0.4, 0.5) is 8.78 Å². The van der Waals surface area contributed by atoms with Gasteiger partial charge in [0.1, 0.15) is 5.75 Å². The minimum atomic E-state index is -3.00. The van der Waals surface area contributed by atoms with E-state index in [-0.39, 0.29) is 29.2 Å². The van der Waals surface area contributed by atoms with Crippen LogP contribution in [0.2, 0.25) is 0 Å². The van der Waals surface area contributed by atoms with Crippen molar-refractivity contribution < 1.29 is 32.5 Å². The summed E-state index contributed by atoms with van der Waals surface area (Å²) in [6.07, 6.45) is 1.60. The van der Waals surface area contributed by atoms with E-state index in [1.54, 1.807) is 51.3 Å². The van der Waals surface area contributed by atoms with E-state index in [9.17, 15) is 18.4 Å². The number of ether oxygens (including phenoxy) is 4. The van der Waals surface area contributed by atoms with Crippen LogP contribution in [0, 0.1) is 0 Å². The van der Waals surface area contributed by atoms with Crippen LogP contribution in [-0.4, -0.2) is 38.0 Å². The van der Waals surface area contributed by atoms with Crippen molar-refractivity contribution >= 4 is 23.4 Å². The van der Waals surface area contributed by atoms with Crippen LogP contribution < -0.4 is 29.1 Å². The highest BCUT2D eigenvalue weighted by Crippen LogP contribution is 2.32. The maximum Gasteiger partial charge on any atom is 0.387 e. The summed E-state index contributed by atoms with van der Waals surface area (Å²) >= 11 is 1.15. The second kappa shape index (κ2) is 11.0. The zero-order valence-electron chi connectivity index (χ0n) is 20.5. The van der Waals surface area contributed by atoms with Gasteiger partial charge in [-0.05, 0) is 55.3 Å². The van der Waals surface area contributed by atoms with Gasteiger partial charge in [0, 0.05) is 0 Å². The predicted octanol–water partition coefficient (Wildman–Crippen LogP) is 3.42. The summed E-state index contributed by atoms with van der Waals surface area (Å²) in [5.41, 5.74) is 1.56. The van der Waals surface area contributed by atoms with Crippen LogP contribution in [0.25, 0.3) is 6.08 Å². The number of nitrogens with zero attached hydrogens (tertiary/aromatic N) is 2. The van der Waals surface area contributed by atoms with Crippen molar-refractivity contribution in [2.75, 3.05) is 20.8 Å². The molecule has 194 valence electrons. The fourth-order valence-corrected chi connectivity index (χ4v) is 5.06. The Morgan fingerprint density at radius 3 is 2.49 bits per heavy atom. The molecular weight excluding hydrogens is 506 g/mol. The molecule has 0 saturated carbocycles. The number of rotatable bonds is 8. The summed E-state index contributed by atoms with van der Waals surface area (Å²) in [6, 6.07) is 10.7. The Labute approximate surface area is 214 Å². The molecule has 2 aromatic carbocycles.